The van der Waals surface area contributed by atoms with E-state index in [1.807, 2.05) is 60.7 Å². The number of piperidine rings is 2. The number of ether oxygens (including phenoxy) is 5. The second kappa shape index (κ2) is 40.3. The Kier molecular flexibility index (Phi) is 33.1. The van der Waals surface area contributed by atoms with Crippen molar-refractivity contribution in [3.8, 4) is 46.2 Å². The summed E-state index contributed by atoms with van der Waals surface area (Å²) in [6.07, 6.45) is 6.94. The number of rotatable bonds is 10. The van der Waals surface area contributed by atoms with Crippen molar-refractivity contribution in [3.63, 3.8) is 0 Å². The number of anilines is 2. The molecule has 4 aromatic carbocycles. The molecule has 0 spiro atoms. The number of nitrogens with zero attached hydrogens (tertiary/aromatic N) is 8. The minimum atomic E-state index is -0.796. The lowest BCUT2D eigenvalue weighted by Gasteiger charge is -2.33. The third-order valence-electron chi connectivity index (χ3n) is 17.3. The number of halogens is 3. The van der Waals surface area contributed by atoms with Crippen LogP contribution >= 0.6 is 62.6 Å². The number of carbonyl (C=O) groups is 7. The predicted octanol–water partition coefficient (Wildman–Crippen LogP) is 12.0. The fourth-order valence-corrected chi connectivity index (χ4v) is 12.5. The first-order valence-electron chi connectivity index (χ1n) is 32.9. The maximum absolute atomic E-state index is 13.5. The van der Waals surface area contributed by atoms with Gasteiger partial charge in [-0.25, -0.2) is 45.6 Å². The molecule has 0 aliphatic carbocycles. The van der Waals surface area contributed by atoms with Crippen LogP contribution in [0.1, 0.15) is 145 Å². The maximum atomic E-state index is 13.5. The number of morpholine rings is 2. The molecule has 2 atom stereocenters. The van der Waals surface area contributed by atoms with Gasteiger partial charge in [0.05, 0.1) is 84.2 Å². The van der Waals surface area contributed by atoms with Gasteiger partial charge in [0.2, 0.25) is 0 Å². The summed E-state index contributed by atoms with van der Waals surface area (Å²) in [4.78, 5) is 116. The molecule has 4 aliphatic rings. The van der Waals surface area contributed by atoms with Gasteiger partial charge in [-0.1, -0.05) is 93.4 Å². The van der Waals surface area contributed by atoms with Crippen molar-refractivity contribution >= 4 is 138 Å². The van der Waals surface area contributed by atoms with Crippen LogP contribution in [0.3, 0.4) is 0 Å². The number of methoxy groups -OCH3 is 2. The van der Waals surface area contributed by atoms with Gasteiger partial charge in [0.25, 0.3) is 23.6 Å². The fraction of sp³-hybridized carbons (Fsp3) is 0.346. The molecule has 4 aromatic heterocycles. The Bertz CT molecular complexity index is 4630. The van der Waals surface area contributed by atoms with E-state index in [0.717, 1.165) is 61.3 Å². The Balaban J connectivity index is 0.000000366. The molecule has 5 amide bonds. The first-order chi connectivity index (χ1) is 48.8. The Morgan fingerprint density at radius 1 is 0.533 bits per heavy atom. The van der Waals surface area contributed by atoms with Gasteiger partial charge >= 0.3 is 18.0 Å². The number of hydrogen-bond donors (Lipinski definition) is 4. The lowest BCUT2D eigenvalue weighted by Crippen LogP contribution is -2.48. The van der Waals surface area contributed by atoms with Crippen molar-refractivity contribution in [1.29, 1.82) is 0 Å². The van der Waals surface area contributed by atoms with Gasteiger partial charge in [0.1, 0.15) is 29.3 Å². The normalized spacial score (nSPS) is 15.1. The number of amides is 5. The van der Waals surface area contributed by atoms with Gasteiger partial charge in [0.15, 0.2) is 0 Å². The molecule has 0 saturated carbocycles. The highest BCUT2D eigenvalue weighted by Gasteiger charge is 2.35. The van der Waals surface area contributed by atoms with E-state index in [1.165, 1.54) is 14.2 Å². The third-order valence-corrected chi connectivity index (χ3v) is 17.9. The van der Waals surface area contributed by atoms with Crippen LogP contribution in [0, 0.1) is 23.7 Å². The van der Waals surface area contributed by atoms with Crippen LogP contribution in [0.4, 0.5) is 16.4 Å². The number of nitrogens with one attached hydrogen (secondary N) is 3. The summed E-state index contributed by atoms with van der Waals surface area (Å²) >= 11 is 13.1. The van der Waals surface area contributed by atoms with Crippen molar-refractivity contribution in [2.24, 2.45) is 5.84 Å². The number of carbonyl (C=O) groups excluding carboxylic acids is 7. The summed E-state index contributed by atoms with van der Waals surface area (Å²) in [5, 5.41) is 1.75. The van der Waals surface area contributed by atoms with Gasteiger partial charge in [-0.15, -0.1) is 12.4 Å². The molecule has 0 unspecified atom stereocenters. The number of hydrazine groups is 2. The van der Waals surface area contributed by atoms with E-state index in [4.69, 9.17) is 62.7 Å². The van der Waals surface area contributed by atoms with Crippen LogP contribution < -0.4 is 31.9 Å². The monoisotopic (exact) mass is 1560 g/mol. The molecule has 12 rings (SSSR count). The quantitative estimate of drug-likeness (QED) is 0.0247. The molecular formula is C78H91Cl3N12O12S2. The summed E-state index contributed by atoms with van der Waals surface area (Å²) in [5.41, 5.74) is 14.0. The molecule has 0 bridgehead atoms. The van der Waals surface area contributed by atoms with Gasteiger partial charge < -0.3 is 43.3 Å². The van der Waals surface area contributed by atoms with Gasteiger partial charge in [-0.05, 0) is 132 Å². The molecule has 5 N–H and O–H groups in total. The second-order valence-corrected chi connectivity index (χ2v) is 25.9. The molecule has 8 aromatic rings. The van der Waals surface area contributed by atoms with E-state index in [9.17, 15) is 33.6 Å². The van der Waals surface area contributed by atoms with Crippen molar-refractivity contribution < 1.29 is 57.2 Å². The smallest absolute Gasteiger partial charge is 0.426 e. The maximum Gasteiger partial charge on any atom is 0.426 e. The minimum Gasteiger partial charge on any atom is -0.467 e. The SMILES string of the molecule is C.C.C.COC(=O)[C@@H]1CCCCN1C(=O)c1ccc(C#Cc2ccc(-c3cc(C(=O)NN)c4cnc(N5CCOCC5)cc4n3)cc2)c(Cl)c1.COC(=O)[C@@H]1CCCCN1C(=O)c1ccc(C#Cc2ccc(-c3cc(C(=O)NNC(=O)OC(C)(C)C)c4cnc(N5CCOCC5)cc4n3)cc2)c(Cl)c1.Cl.S.S. The van der Waals surface area contributed by atoms with E-state index in [1.54, 1.807) is 91.5 Å². The third kappa shape index (κ3) is 21.8. The molecule has 29 heteroatoms. The Hall–Kier alpha value is -9.74. The van der Waals surface area contributed by atoms with Gasteiger partial charge in [-0.2, -0.15) is 27.0 Å². The molecule has 4 saturated heterocycles. The highest BCUT2D eigenvalue weighted by Crippen LogP contribution is 2.32. The van der Waals surface area contributed by atoms with Crippen molar-refractivity contribution in [2.45, 2.75) is 99.3 Å². The van der Waals surface area contributed by atoms with E-state index in [2.05, 4.69) is 59.7 Å². The van der Waals surface area contributed by atoms with Crippen LogP contribution in [0.5, 0.6) is 0 Å². The number of nitrogen functional groups attached to an aromatic ring is 1. The predicted molar refractivity (Wildman–Crippen MR) is 429 cm³/mol. The highest BCUT2D eigenvalue weighted by molar-refractivity contribution is 7.59. The highest BCUT2D eigenvalue weighted by atomic mass is 35.5. The first kappa shape index (κ1) is 87.9. The number of hydrogen-bond acceptors (Lipinski definition) is 19. The van der Waals surface area contributed by atoms with Crippen molar-refractivity contribution in [2.75, 3.05) is 89.7 Å². The van der Waals surface area contributed by atoms with Crippen LogP contribution in [0.2, 0.25) is 10.0 Å². The average Bonchev–Trinajstić information content (AvgIpc) is 0.780. The van der Waals surface area contributed by atoms with Crippen molar-refractivity contribution in [3.05, 3.63) is 176 Å². The molecule has 4 aliphatic heterocycles. The summed E-state index contributed by atoms with van der Waals surface area (Å²) in [6.45, 7) is 11.3. The fourth-order valence-electron chi connectivity index (χ4n) is 12.0. The molecular weight excluding hydrogens is 1470 g/mol. The van der Waals surface area contributed by atoms with E-state index < -0.39 is 47.5 Å². The van der Waals surface area contributed by atoms with Crippen LogP contribution in [-0.2, 0) is 33.3 Å². The zero-order chi connectivity index (χ0) is 71.3. The number of aromatic nitrogens is 4. The topological polar surface area (TPSA) is 292 Å². The average molecular weight is 1560 g/mol. The minimum absolute atomic E-state index is 0. The van der Waals surface area contributed by atoms with Gasteiger partial charge in [0, 0.05) is 119 Å². The summed E-state index contributed by atoms with van der Waals surface area (Å²) in [6, 6.07) is 30.6. The number of fused-ring (bicyclic) bond motifs is 2. The van der Waals surface area contributed by atoms with E-state index in [-0.39, 0.29) is 79.1 Å². The zero-order valence-corrected chi connectivity index (χ0v) is 62.1. The lowest BCUT2D eigenvalue weighted by atomic mass is 10.0. The zero-order valence-electron chi connectivity index (χ0n) is 57.7. The number of nitrogens with two attached hydrogens (primary N) is 1. The van der Waals surface area contributed by atoms with E-state index in [0.29, 0.717) is 148 Å². The molecule has 4 fully saturated rings. The number of esters is 2. The molecule has 0 radical (unpaired) electrons. The number of likely N-dealkylation sites (tertiary alicyclic amines) is 2. The standard InChI is InChI=1S/C40H41ClN6O7.C35H33ClN6O5.3CH4.ClH.2H2S/c1-40(2,3)54-39(51)45-44-36(48)29-22-32(43-33-23-35(42-24-30(29)33)46-17-19-53-20-18-46)27-12-9-25(10-13-27)8-11-26-14-15-28(21-31(26)41)37(49)47-16-6-5-7-34(47)38(50)52-4;1-46-35(45)31-4-2-3-13-42(31)34(44)25-12-11-23(28(36)18-25)8-5-22-6-9-24(10-7-22)29-19-26(33(43)40-37)27-21-38-32(20-30(27)39-29)41-14-16-47-17-15-41;;;;;;/h9-10,12-15,21-24,34H,5-7,16-20H2,1-4H3,(H,44,48)(H,45,51);6-7,9-12,18-21,31H,2-4,13-17,37H2,1H3,(H,40,43);3*1H4;1H;2*1H2/t34-;31-;;;;;;/m00....../s1. The Labute approximate surface area is 654 Å². The number of pyridine rings is 4. The first-order valence-corrected chi connectivity index (χ1v) is 33.7. The second-order valence-electron chi connectivity index (χ2n) is 25.1. The van der Waals surface area contributed by atoms with Crippen molar-refractivity contribution in [1.82, 2.24) is 46.0 Å². The van der Waals surface area contributed by atoms with Crippen LogP contribution in [-0.4, -0.2) is 169 Å². The molecule has 24 nitrogen and oxygen atoms in total. The van der Waals surface area contributed by atoms with Crippen LogP contribution in [0.15, 0.2) is 122 Å². The largest absolute Gasteiger partial charge is 0.467 e. The molecule has 8 heterocycles. The number of benzene rings is 4. The summed E-state index contributed by atoms with van der Waals surface area (Å²) in [7, 11) is 2.65. The Morgan fingerprint density at radius 3 is 1.31 bits per heavy atom. The molecule has 568 valence electrons. The summed E-state index contributed by atoms with van der Waals surface area (Å²) < 4.78 is 26.0. The van der Waals surface area contributed by atoms with Gasteiger partial charge in [-0.3, -0.25) is 30.0 Å². The summed E-state index contributed by atoms with van der Waals surface area (Å²) in [5.74, 6) is 17.0. The van der Waals surface area contributed by atoms with Crippen LogP contribution in [0.25, 0.3) is 44.3 Å². The van der Waals surface area contributed by atoms with E-state index >= 15 is 0 Å². The lowest BCUT2D eigenvalue weighted by molar-refractivity contribution is -0.147. The Morgan fingerprint density at radius 2 is 0.935 bits per heavy atom. The molecule has 107 heavy (non-hydrogen) atoms.